The molecule has 3 amide bonds. The zero-order valence-corrected chi connectivity index (χ0v) is 15.3. The number of rotatable bonds is 6. The molecule has 7 heteroatoms. The molecule has 3 N–H and O–H groups in total. The Morgan fingerprint density at radius 2 is 1.62 bits per heavy atom. The number of alkyl carbamates (subject to hydrolysis) is 1. The number of carbonyl (C=O) groups is 3. The van der Waals surface area contributed by atoms with E-state index in [0.29, 0.717) is 0 Å². The monoisotopic (exact) mass is 341 g/mol. The fourth-order valence-electron chi connectivity index (χ4n) is 3.00. The van der Waals surface area contributed by atoms with Crippen LogP contribution >= 0.6 is 0 Å². The zero-order valence-electron chi connectivity index (χ0n) is 15.3. The summed E-state index contributed by atoms with van der Waals surface area (Å²) in [5.74, 6) is -0.603. The predicted molar refractivity (Wildman–Crippen MR) is 91.3 cm³/mol. The molecule has 0 spiro atoms. The molecule has 1 fully saturated rings. The Hall–Kier alpha value is -1.79. The van der Waals surface area contributed by atoms with E-state index in [-0.39, 0.29) is 35.7 Å². The Morgan fingerprint density at radius 3 is 2.17 bits per heavy atom. The van der Waals surface area contributed by atoms with Gasteiger partial charge in [-0.25, -0.2) is 4.79 Å². The van der Waals surface area contributed by atoms with Gasteiger partial charge in [-0.1, -0.05) is 26.7 Å². The molecule has 0 unspecified atom stereocenters. The highest BCUT2D eigenvalue weighted by atomic mass is 16.5. The quantitative estimate of drug-likeness (QED) is 0.683. The van der Waals surface area contributed by atoms with Crippen molar-refractivity contribution in [2.24, 2.45) is 11.8 Å². The van der Waals surface area contributed by atoms with Gasteiger partial charge in [-0.2, -0.15) is 0 Å². The zero-order chi connectivity index (χ0) is 18.3. The SMILES string of the molecule is COC(=O)N[C@H](C(=O)N[C@H]1CCCC[C@@H]1C(=O)NC(C)C)C(C)C. The number of carbonyl (C=O) groups excluding carboxylic acids is 3. The molecule has 7 nitrogen and oxygen atoms in total. The van der Waals surface area contributed by atoms with Gasteiger partial charge in [-0.15, -0.1) is 0 Å². The molecule has 1 rings (SSSR count). The van der Waals surface area contributed by atoms with Crippen LogP contribution in [0.4, 0.5) is 4.79 Å². The van der Waals surface area contributed by atoms with Crippen LogP contribution in [0.2, 0.25) is 0 Å². The van der Waals surface area contributed by atoms with E-state index >= 15 is 0 Å². The van der Waals surface area contributed by atoms with Crippen LogP contribution in [0.1, 0.15) is 53.4 Å². The first-order valence-corrected chi connectivity index (χ1v) is 8.71. The largest absolute Gasteiger partial charge is 0.453 e. The Bertz CT molecular complexity index is 451. The van der Waals surface area contributed by atoms with Gasteiger partial charge in [0.05, 0.1) is 13.0 Å². The Balaban J connectivity index is 2.76. The van der Waals surface area contributed by atoms with Gasteiger partial charge in [0.25, 0.3) is 0 Å². The molecule has 0 heterocycles. The molecule has 0 aliphatic heterocycles. The van der Waals surface area contributed by atoms with E-state index in [1.807, 2.05) is 27.7 Å². The Labute approximate surface area is 144 Å². The summed E-state index contributed by atoms with van der Waals surface area (Å²) in [5.41, 5.74) is 0. The van der Waals surface area contributed by atoms with E-state index in [1.165, 1.54) is 7.11 Å². The van der Waals surface area contributed by atoms with Crippen molar-refractivity contribution in [2.75, 3.05) is 7.11 Å². The maximum absolute atomic E-state index is 12.6. The minimum absolute atomic E-state index is 0.0166. The van der Waals surface area contributed by atoms with Crippen molar-refractivity contribution in [3.8, 4) is 0 Å². The van der Waals surface area contributed by atoms with Crippen molar-refractivity contribution in [1.29, 1.82) is 0 Å². The van der Waals surface area contributed by atoms with Gasteiger partial charge in [-0.05, 0) is 32.6 Å². The smallest absolute Gasteiger partial charge is 0.407 e. The highest BCUT2D eigenvalue weighted by Crippen LogP contribution is 2.25. The maximum Gasteiger partial charge on any atom is 0.407 e. The molecule has 0 aromatic carbocycles. The van der Waals surface area contributed by atoms with Crippen LogP contribution in [0.15, 0.2) is 0 Å². The molecule has 24 heavy (non-hydrogen) atoms. The first-order chi connectivity index (χ1) is 11.3. The van der Waals surface area contributed by atoms with Crippen LogP contribution in [-0.4, -0.2) is 43.1 Å². The summed E-state index contributed by atoms with van der Waals surface area (Å²) < 4.78 is 4.58. The second-order valence-corrected chi connectivity index (χ2v) is 7.03. The summed E-state index contributed by atoms with van der Waals surface area (Å²) in [6, 6.07) is -0.820. The topological polar surface area (TPSA) is 96.5 Å². The molecule has 0 bridgehead atoms. The average Bonchev–Trinajstić information content (AvgIpc) is 2.51. The second-order valence-electron chi connectivity index (χ2n) is 7.03. The van der Waals surface area contributed by atoms with Gasteiger partial charge in [0.15, 0.2) is 0 Å². The summed E-state index contributed by atoms with van der Waals surface area (Å²) in [4.78, 5) is 36.4. The molecule has 138 valence electrons. The molecule has 0 radical (unpaired) electrons. The number of methoxy groups -OCH3 is 1. The lowest BCUT2D eigenvalue weighted by Crippen LogP contribution is -2.56. The van der Waals surface area contributed by atoms with Gasteiger partial charge in [0.2, 0.25) is 11.8 Å². The number of nitrogens with one attached hydrogen (secondary N) is 3. The highest BCUT2D eigenvalue weighted by molar-refractivity contribution is 5.87. The summed E-state index contributed by atoms with van der Waals surface area (Å²) in [6.07, 6.45) is 2.86. The summed E-state index contributed by atoms with van der Waals surface area (Å²) >= 11 is 0. The van der Waals surface area contributed by atoms with Crippen LogP contribution in [0.25, 0.3) is 0 Å². The van der Waals surface area contributed by atoms with Crippen LogP contribution in [0, 0.1) is 11.8 Å². The summed E-state index contributed by atoms with van der Waals surface area (Å²) in [5, 5.41) is 8.45. The predicted octanol–water partition coefficient (Wildman–Crippen LogP) is 1.57. The second kappa shape index (κ2) is 9.49. The van der Waals surface area contributed by atoms with Crippen LogP contribution in [-0.2, 0) is 14.3 Å². The lowest BCUT2D eigenvalue weighted by atomic mass is 9.83. The normalized spacial score (nSPS) is 22.0. The minimum atomic E-state index is -0.687. The van der Waals surface area contributed by atoms with Gasteiger partial charge in [0.1, 0.15) is 6.04 Å². The molecule has 1 saturated carbocycles. The van der Waals surface area contributed by atoms with Crippen molar-refractivity contribution >= 4 is 17.9 Å². The van der Waals surface area contributed by atoms with Gasteiger partial charge in [-0.3, -0.25) is 9.59 Å². The van der Waals surface area contributed by atoms with Crippen LogP contribution in [0.3, 0.4) is 0 Å². The summed E-state index contributed by atoms with van der Waals surface area (Å²) in [6.45, 7) is 7.54. The van der Waals surface area contributed by atoms with E-state index in [0.717, 1.165) is 25.7 Å². The van der Waals surface area contributed by atoms with Crippen LogP contribution in [0.5, 0.6) is 0 Å². The lowest BCUT2D eigenvalue weighted by molar-refractivity contribution is -0.129. The third kappa shape index (κ3) is 6.02. The van der Waals surface area contributed by atoms with Crippen molar-refractivity contribution in [1.82, 2.24) is 16.0 Å². The van der Waals surface area contributed by atoms with Gasteiger partial charge < -0.3 is 20.7 Å². The van der Waals surface area contributed by atoms with Crippen molar-refractivity contribution in [3.05, 3.63) is 0 Å². The first kappa shape index (κ1) is 20.3. The third-order valence-corrected chi connectivity index (χ3v) is 4.27. The minimum Gasteiger partial charge on any atom is -0.453 e. The molecule has 0 aromatic rings. The van der Waals surface area contributed by atoms with Crippen molar-refractivity contribution in [2.45, 2.75) is 71.5 Å². The van der Waals surface area contributed by atoms with Gasteiger partial charge >= 0.3 is 6.09 Å². The molecule has 1 aliphatic rings. The van der Waals surface area contributed by atoms with E-state index in [1.54, 1.807) is 0 Å². The highest BCUT2D eigenvalue weighted by Gasteiger charge is 2.34. The van der Waals surface area contributed by atoms with E-state index in [9.17, 15) is 14.4 Å². The molecular weight excluding hydrogens is 310 g/mol. The third-order valence-electron chi connectivity index (χ3n) is 4.27. The molecule has 0 aromatic heterocycles. The number of amides is 3. The molecule has 3 atom stereocenters. The average molecular weight is 341 g/mol. The molecule has 0 saturated heterocycles. The standard InChI is InChI=1S/C17H31N3O4/c1-10(2)14(20-17(23)24-5)16(22)19-13-9-7-6-8-12(13)15(21)18-11(3)4/h10-14H,6-9H2,1-5H3,(H,18,21)(H,19,22)(H,20,23)/t12-,13-,14-/m0/s1. The summed E-state index contributed by atoms with van der Waals surface area (Å²) in [7, 11) is 1.26. The Kier molecular flexibility index (Phi) is 8.01. The van der Waals surface area contributed by atoms with Crippen molar-refractivity contribution < 1.29 is 19.1 Å². The number of hydrogen-bond donors (Lipinski definition) is 3. The fraction of sp³-hybridized carbons (Fsp3) is 0.824. The Morgan fingerprint density at radius 1 is 1.00 bits per heavy atom. The molecule has 1 aliphatic carbocycles. The number of ether oxygens (including phenoxy) is 1. The van der Waals surface area contributed by atoms with E-state index in [4.69, 9.17) is 0 Å². The number of hydrogen-bond acceptors (Lipinski definition) is 4. The van der Waals surface area contributed by atoms with E-state index < -0.39 is 12.1 Å². The fourth-order valence-corrected chi connectivity index (χ4v) is 3.00. The van der Waals surface area contributed by atoms with E-state index in [2.05, 4.69) is 20.7 Å². The van der Waals surface area contributed by atoms with Crippen LogP contribution < -0.4 is 16.0 Å². The van der Waals surface area contributed by atoms with Gasteiger partial charge in [0, 0.05) is 12.1 Å². The first-order valence-electron chi connectivity index (χ1n) is 8.71. The maximum atomic E-state index is 12.6. The lowest BCUT2D eigenvalue weighted by Gasteiger charge is -2.33. The van der Waals surface area contributed by atoms with Crippen molar-refractivity contribution in [3.63, 3.8) is 0 Å². The molecular formula is C17H31N3O4.